The molecule has 0 heterocycles. The van der Waals surface area contributed by atoms with Crippen molar-refractivity contribution >= 4 is 12.0 Å². The predicted octanol–water partition coefficient (Wildman–Crippen LogP) is 1.99. The summed E-state index contributed by atoms with van der Waals surface area (Å²) in [5.74, 6) is 0.699. The van der Waals surface area contributed by atoms with Crippen molar-refractivity contribution in [1.29, 1.82) is 0 Å². The number of hydrogen-bond acceptors (Lipinski definition) is 3. The number of aliphatic hydroxyl groups is 1. The molecule has 0 aromatic heterocycles. The van der Waals surface area contributed by atoms with Crippen LogP contribution < -0.4 is 10.1 Å². The lowest BCUT2D eigenvalue weighted by Gasteiger charge is -2.01. The first-order valence-corrected chi connectivity index (χ1v) is 6.47. The fourth-order valence-corrected chi connectivity index (χ4v) is 1.57. The fraction of sp³-hybridized carbons (Fsp3) is 0.400. The minimum atomic E-state index is -0.0974. The highest BCUT2D eigenvalue weighted by atomic mass is 16.5. The SMILES string of the molecule is COc1ccc(/C=C/C(=O)NCCCCCO)cc1. The molecule has 1 aromatic rings. The molecule has 1 rings (SSSR count). The maximum Gasteiger partial charge on any atom is 0.243 e. The van der Waals surface area contributed by atoms with Gasteiger partial charge in [-0.2, -0.15) is 0 Å². The van der Waals surface area contributed by atoms with E-state index in [1.165, 1.54) is 6.08 Å². The molecule has 0 atom stereocenters. The van der Waals surface area contributed by atoms with Crippen LogP contribution in [-0.2, 0) is 4.79 Å². The normalized spacial score (nSPS) is 10.6. The van der Waals surface area contributed by atoms with E-state index in [0.29, 0.717) is 6.54 Å². The number of aliphatic hydroxyl groups excluding tert-OH is 1. The van der Waals surface area contributed by atoms with Crippen molar-refractivity contribution in [3.8, 4) is 5.75 Å². The lowest BCUT2D eigenvalue weighted by Crippen LogP contribution is -2.22. The summed E-state index contributed by atoms with van der Waals surface area (Å²) >= 11 is 0. The first-order chi connectivity index (χ1) is 9.26. The molecule has 1 aromatic carbocycles. The number of amides is 1. The number of methoxy groups -OCH3 is 1. The summed E-state index contributed by atoms with van der Waals surface area (Å²) in [6.07, 6.45) is 5.90. The van der Waals surface area contributed by atoms with E-state index in [0.717, 1.165) is 30.6 Å². The summed E-state index contributed by atoms with van der Waals surface area (Å²) in [5, 5.41) is 11.4. The second kappa shape index (κ2) is 9.16. The van der Waals surface area contributed by atoms with Gasteiger partial charge in [0.05, 0.1) is 7.11 Å². The minimum Gasteiger partial charge on any atom is -0.497 e. The number of nitrogens with one attached hydrogen (secondary N) is 1. The van der Waals surface area contributed by atoms with E-state index in [2.05, 4.69) is 5.32 Å². The van der Waals surface area contributed by atoms with Gasteiger partial charge in [-0.15, -0.1) is 0 Å². The molecule has 2 N–H and O–H groups in total. The molecule has 0 aliphatic heterocycles. The zero-order valence-corrected chi connectivity index (χ0v) is 11.3. The van der Waals surface area contributed by atoms with Crippen LogP contribution in [0.3, 0.4) is 0 Å². The molecule has 0 radical (unpaired) electrons. The average Bonchev–Trinajstić information content (AvgIpc) is 2.45. The summed E-state index contributed by atoms with van der Waals surface area (Å²) < 4.78 is 5.06. The van der Waals surface area contributed by atoms with Crippen LogP contribution in [0.15, 0.2) is 30.3 Å². The highest BCUT2D eigenvalue weighted by Crippen LogP contribution is 2.12. The second-order valence-electron chi connectivity index (χ2n) is 4.18. The van der Waals surface area contributed by atoms with E-state index in [1.54, 1.807) is 13.2 Å². The van der Waals surface area contributed by atoms with E-state index >= 15 is 0 Å². The summed E-state index contributed by atoms with van der Waals surface area (Å²) in [6.45, 7) is 0.858. The van der Waals surface area contributed by atoms with Crippen LogP contribution in [-0.4, -0.2) is 31.3 Å². The zero-order chi connectivity index (χ0) is 13.9. The Hall–Kier alpha value is -1.81. The molecule has 0 fully saturated rings. The van der Waals surface area contributed by atoms with Crippen LogP contribution >= 0.6 is 0 Å². The highest BCUT2D eigenvalue weighted by Gasteiger charge is 1.95. The van der Waals surface area contributed by atoms with Crippen molar-refractivity contribution in [2.45, 2.75) is 19.3 Å². The molecule has 0 aliphatic carbocycles. The monoisotopic (exact) mass is 263 g/mol. The van der Waals surface area contributed by atoms with Gasteiger partial charge in [0.15, 0.2) is 0 Å². The van der Waals surface area contributed by atoms with E-state index in [4.69, 9.17) is 9.84 Å². The molecule has 0 saturated heterocycles. The maximum absolute atomic E-state index is 11.5. The molecular formula is C15H21NO3. The third-order valence-corrected chi connectivity index (χ3v) is 2.68. The van der Waals surface area contributed by atoms with E-state index in [-0.39, 0.29) is 12.5 Å². The Balaban J connectivity index is 2.28. The quantitative estimate of drug-likeness (QED) is 0.557. The molecule has 0 aliphatic rings. The smallest absolute Gasteiger partial charge is 0.243 e. The van der Waals surface area contributed by atoms with Crippen LogP contribution in [0.5, 0.6) is 5.75 Å². The zero-order valence-electron chi connectivity index (χ0n) is 11.3. The standard InChI is InChI=1S/C15H21NO3/c1-19-14-8-5-13(6-9-14)7-10-15(18)16-11-3-2-4-12-17/h5-10,17H,2-4,11-12H2,1H3,(H,16,18)/b10-7+. The van der Waals surface area contributed by atoms with E-state index in [1.807, 2.05) is 24.3 Å². The molecule has 104 valence electrons. The molecule has 0 bridgehead atoms. The minimum absolute atomic E-state index is 0.0974. The lowest BCUT2D eigenvalue weighted by atomic mass is 10.2. The Kier molecular flexibility index (Phi) is 7.35. The Morgan fingerprint density at radius 2 is 2.00 bits per heavy atom. The van der Waals surface area contributed by atoms with Gasteiger partial charge >= 0.3 is 0 Å². The van der Waals surface area contributed by atoms with Gasteiger partial charge in [-0.25, -0.2) is 0 Å². The molecule has 4 heteroatoms. The van der Waals surface area contributed by atoms with Crippen LogP contribution in [0.2, 0.25) is 0 Å². The Bertz CT molecular complexity index is 398. The largest absolute Gasteiger partial charge is 0.497 e. The van der Waals surface area contributed by atoms with Gasteiger partial charge in [0.1, 0.15) is 5.75 Å². The van der Waals surface area contributed by atoms with Crippen LogP contribution in [0.4, 0.5) is 0 Å². The van der Waals surface area contributed by atoms with Crippen molar-refractivity contribution in [3.05, 3.63) is 35.9 Å². The summed E-state index contributed by atoms with van der Waals surface area (Å²) in [6, 6.07) is 7.49. The number of carbonyl (C=O) groups excluding carboxylic acids is 1. The highest BCUT2D eigenvalue weighted by molar-refractivity contribution is 5.91. The molecule has 0 unspecified atom stereocenters. The third-order valence-electron chi connectivity index (χ3n) is 2.68. The van der Waals surface area contributed by atoms with Gasteiger partial charge in [-0.1, -0.05) is 12.1 Å². The molecular weight excluding hydrogens is 242 g/mol. The average molecular weight is 263 g/mol. The molecule has 4 nitrogen and oxygen atoms in total. The summed E-state index contributed by atoms with van der Waals surface area (Å²) in [5.41, 5.74) is 0.955. The molecule has 0 spiro atoms. The fourth-order valence-electron chi connectivity index (χ4n) is 1.57. The first kappa shape index (κ1) is 15.2. The van der Waals surface area contributed by atoms with Crippen LogP contribution in [0.1, 0.15) is 24.8 Å². The van der Waals surface area contributed by atoms with Crippen LogP contribution in [0.25, 0.3) is 6.08 Å². The van der Waals surface area contributed by atoms with Crippen molar-refractivity contribution in [1.82, 2.24) is 5.32 Å². The number of benzene rings is 1. The van der Waals surface area contributed by atoms with Crippen molar-refractivity contribution in [3.63, 3.8) is 0 Å². The number of hydrogen-bond donors (Lipinski definition) is 2. The Labute approximate surface area is 114 Å². The van der Waals surface area contributed by atoms with Crippen molar-refractivity contribution < 1.29 is 14.6 Å². The van der Waals surface area contributed by atoms with Crippen molar-refractivity contribution in [2.75, 3.05) is 20.3 Å². The third kappa shape index (κ3) is 6.62. The lowest BCUT2D eigenvalue weighted by molar-refractivity contribution is -0.116. The van der Waals surface area contributed by atoms with Gasteiger partial charge in [0.2, 0.25) is 5.91 Å². The van der Waals surface area contributed by atoms with Gasteiger partial charge in [0.25, 0.3) is 0 Å². The van der Waals surface area contributed by atoms with Gasteiger partial charge in [-0.05, 0) is 43.0 Å². The van der Waals surface area contributed by atoms with E-state index in [9.17, 15) is 4.79 Å². The van der Waals surface area contributed by atoms with Gasteiger partial charge in [-0.3, -0.25) is 4.79 Å². The molecule has 0 saturated carbocycles. The van der Waals surface area contributed by atoms with Crippen molar-refractivity contribution in [2.24, 2.45) is 0 Å². The topological polar surface area (TPSA) is 58.6 Å². The predicted molar refractivity (Wildman–Crippen MR) is 76.0 cm³/mol. The van der Waals surface area contributed by atoms with E-state index < -0.39 is 0 Å². The van der Waals surface area contributed by atoms with Crippen LogP contribution in [0, 0.1) is 0 Å². The van der Waals surface area contributed by atoms with Gasteiger partial charge < -0.3 is 15.2 Å². The Morgan fingerprint density at radius 3 is 2.63 bits per heavy atom. The summed E-state index contributed by atoms with van der Waals surface area (Å²) in [7, 11) is 1.62. The molecule has 19 heavy (non-hydrogen) atoms. The maximum atomic E-state index is 11.5. The number of rotatable bonds is 8. The van der Waals surface area contributed by atoms with Gasteiger partial charge in [0, 0.05) is 19.2 Å². The summed E-state index contributed by atoms with van der Waals surface area (Å²) in [4.78, 5) is 11.5. The number of ether oxygens (including phenoxy) is 1. The number of carbonyl (C=O) groups is 1. The second-order valence-corrected chi connectivity index (χ2v) is 4.18. The molecule has 1 amide bonds. The first-order valence-electron chi connectivity index (χ1n) is 6.47. The number of unbranched alkanes of at least 4 members (excludes halogenated alkanes) is 2. The Morgan fingerprint density at radius 1 is 1.26 bits per heavy atom.